The maximum absolute atomic E-state index is 12.0. The highest BCUT2D eigenvalue weighted by Gasteiger charge is 2.11. The average molecular weight is 321 g/mol. The fourth-order valence-corrected chi connectivity index (χ4v) is 2.38. The van der Waals surface area contributed by atoms with Gasteiger partial charge in [0.1, 0.15) is 5.75 Å². The zero-order valence-electron chi connectivity index (χ0n) is 14.1. The zero-order valence-corrected chi connectivity index (χ0v) is 14.1. The minimum Gasteiger partial charge on any atom is -0.491 e. The predicted octanol–water partition coefficient (Wildman–Crippen LogP) is 2.24. The number of nitrogens with one attached hydrogen (secondary N) is 2. The molecule has 2 N–H and O–H groups in total. The van der Waals surface area contributed by atoms with E-state index in [1.807, 2.05) is 25.1 Å². The standard InChI is InChI=1S/C17H27N3O3/c1-3-10-23-16-13-14(2)4-5-15(16)19-17(21)18-6-7-20-8-11-22-12-9-20/h4-5,13H,3,6-12H2,1-2H3,(H2,18,19,21). The van der Waals surface area contributed by atoms with Gasteiger partial charge < -0.3 is 20.1 Å². The van der Waals surface area contributed by atoms with Gasteiger partial charge in [-0.3, -0.25) is 4.90 Å². The van der Waals surface area contributed by atoms with Crippen LogP contribution < -0.4 is 15.4 Å². The molecule has 0 aliphatic carbocycles. The molecular weight excluding hydrogens is 294 g/mol. The third-order valence-electron chi connectivity index (χ3n) is 3.66. The highest BCUT2D eigenvalue weighted by molar-refractivity contribution is 5.90. The second-order valence-electron chi connectivity index (χ2n) is 5.68. The van der Waals surface area contributed by atoms with Crippen molar-refractivity contribution in [2.75, 3.05) is 51.3 Å². The van der Waals surface area contributed by atoms with Crippen LogP contribution in [-0.4, -0.2) is 56.9 Å². The van der Waals surface area contributed by atoms with E-state index in [1.54, 1.807) is 0 Å². The molecule has 6 nitrogen and oxygen atoms in total. The van der Waals surface area contributed by atoms with Crippen LogP contribution in [0.1, 0.15) is 18.9 Å². The van der Waals surface area contributed by atoms with Crippen LogP contribution in [0.5, 0.6) is 5.75 Å². The van der Waals surface area contributed by atoms with E-state index in [4.69, 9.17) is 9.47 Å². The Morgan fingerprint density at radius 2 is 2.13 bits per heavy atom. The topological polar surface area (TPSA) is 62.8 Å². The molecule has 1 aromatic carbocycles. The molecule has 6 heteroatoms. The molecule has 0 bridgehead atoms. The van der Waals surface area contributed by atoms with Crippen LogP contribution in [0.15, 0.2) is 18.2 Å². The molecule has 1 aromatic rings. The van der Waals surface area contributed by atoms with Gasteiger partial charge in [0, 0.05) is 26.2 Å². The Morgan fingerprint density at radius 1 is 1.35 bits per heavy atom. The third-order valence-corrected chi connectivity index (χ3v) is 3.66. The molecule has 1 heterocycles. The number of benzene rings is 1. The van der Waals surface area contributed by atoms with E-state index in [-0.39, 0.29) is 6.03 Å². The van der Waals surface area contributed by atoms with E-state index in [0.29, 0.717) is 18.8 Å². The Morgan fingerprint density at radius 3 is 2.87 bits per heavy atom. The number of aryl methyl sites for hydroxylation is 1. The summed E-state index contributed by atoms with van der Waals surface area (Å²) >= 11 is 0. The van der Waals surface area contributed by atoms with Gasteiger partial charge in [-0.25, -0.2) is 4.79 Å². The van der Waals surface area contributed by atoms with Crippen molar-refractivity contribution >= 4 is 11.7 Å². The fourth-order valence-electron chi connectivity index (χ4n) is 2.38. The van der Waals surface area contributed by atoms with E-state index in [2.05, 4.69) is 22.5 Å². The van der Waals surface area contributed by atoms with Crippen molar-refractivity contribution in [3.05, 3.63) is 23.8 Å². The molecule has 1 fully saturated rings. The van der Waals surface area contributed by atoms with Gasteiger partial charge in [0.05, 0.1) is 25.5 Å². The normalized spacial score (nSPS) is 15.2. The summed E-state index contributed by atoms with van der Waals surface area (Å²) < 4.78 is 11.0. The van der Waals surface area contributed by atoms with E-state index >= 15 is 0 Å². The summed E-state index contributed by atoms with van der Waals surface area (Å²) in [6.45, 7) is 9.55. The van der Waals surface area contributed by atoms with Crippen molar-refractivity contribution in [3.8, 4) is 5.75 Å². The molecule has 1 saturated heterocycles. The molecule has 0 spiro atoms. The molecule has 0 atom stereocenters. The van der Waals surface area contributed by atoms with Gasteiger partial charge in [0.25, 0.3) is 0 Å². The van der Waals surface area contributed by atoms with Gasteiger partial charge in [-0.1, -0.05) is 13.0 Å². The lowest BCUT2D eigenvalue weighted by Crippen LogP contribution is -2.42. The third kappa shape index (κ3) is 6.08. The number of nitrogens with zero attached hydrogens (tertiary/aromatic N) is 1. The van der Waals surface area contributed by atoms with Gasteiger partial charge >= 0.3 is 6.03 Å². The van der Waals surface area contributed by atoms with Gasteiger partial charge in [0.15, 0.2) is 0 Å². The SMILES string of the molecule is CCCOc1cc(C)ccc1NC(=O)NCCN1CCOCC1. The van der Waals surface area contributed by atoms with Crippen molar-refractivity contribution in [2.24, 2.45) is 0 Å². The summed E-state index contributed by atoms with van der Waals surface area (Å²) in [4.78, 5) is 14.3. The number of anilines is 1. The Bertz CT molecular complexity index is 502. The van der Waals surface area contributed by atoms with E-state index < -0.39 is 0 Å². The molecule has 0 saturated carbocycles. The zero-order chi connectivity index (χ0) is 16.5. The lowest BCUT2D eigenvalue weighted by Gasteiger charge is -2.26. The predicted molar refractivity (Wildman–Crippen MR) is 91.2 cm³/mol. The number of ether oxygens (including phenoxy) is 2. The molecule has 2 rings (SSSR count). The first-order valence-electron chi connectivity index (χ1n) is 8.27. The number of carbonyl (C=O) groups is 1. The lowest BCUT2D eigenvalue weighted by atomic mass is 10.2. The van der Waals surface area contributed by atoms with Crippen LogP contribution in [0.4, 0.5) is 10.5 Å². The Kier molecular flexibility index (Phi) is 7.16. The van der Waals surface area contributed by atoms with Crippen molar-refractivity contribution in [3.63, 3.8) is 0 Å². The summed E-state index contributed by atoms with van der Waals surface area (Å²) in [5, 5.41) is 5.75. The summed E-state index contributed by atoms with van der Waals surface area (Å²) in [5.74, 6) is 0.718. The monoisotopic (exact) mass is 321 g/mol. The van der Waals surface area contributed by atoms with Crippen molar-refractivity contribution < 1.29 is 14.3 Å². The largest absolute Gasteiger partial charge is 0.491 e. The second kappa shape index (κ2) is 9.37. The number of hydrogen-bond donors (Lipinski definition) is 2. The van der Waals surface area contributed by atoms with E-state index in [1.165, 1.54) is 0 Å². The summed E-state index contributed by atoms with van der Waals surface area (Å²) in [6.07, 6.45) is 0.930. The van der Waals surface area contributed by atoms with E-state index in [9.17, 15) is 4.79 Å². The van der Waals surface area contributed by atoms with Crippen LogP contribution in [-0.2, 0) is 4.74 Å². The van der Waals surface area contributed by atoms with Crippen molar-refractivity contribution in [1.82, 2.24) is 10.2 Å². The minimum absolute atomic E-state index is 0.205. The quantitative estimate of drug-likeness (QED) is 0.808. The first-order chi connectivity index (χ1) is 11.2. The molecular formula is C17H27N3O3. The number of rotatable bonds is 7. The number of morpholine rings is 1. The van der Waals surface area contributed by atoms with Crippen LogP contribution >= 0.6 is 0 Å². The summed E-state index contributed by atoms with van der Waals surface area (Å²) in [5.41, 5.74) is 1.81. The maximum Gasteiger partial charge on any atom is 0.319 e. The Hall–Kier alpha value is -1.79. The molecule has 0 aromatic heterocycles. The molecule has 2 amide bonds. The molecule has 128 valence electrons. The Labute approximate surface area is 138 Å². The fraction of sp³-hybridized carbons (Fsp3) is 0.588. The van der Waals surface area contributed by atoms with Crippen molar-refractivity contribution in [1.29, 1.82) is 0 Å². The highest BCUT2D eigenvalue weighted by Crippen LogP contribution is 2.25. The smallest absolute Gasteiger partial charge is 0.319 e. The second-order valence-corrected chi connectivity index (χ2v) is 5.68. The number of carbonyl (C=O) groups excluding carboxylic acids is 1. The number of amides is 2. The Balaban J connectivity index is 1.79. The minimum atomic E-state index is -0.205. The highest BCUT2D eigenvalue weighted by atomic mass is 16.5. The van der Waals surface area contributed by atoms with Gasteiger partial charge in [-0.2, -0.15) is 0 Å². The average Bonchev–Trinajstić information content (AvgIpc) is 2.56. The van der Waals surface area contributed by atoms with Crippen LogP contribution in [0, 0.1) is 6.92 Å². The van der Waals surface area contributed by atoms with Crippen LogP contribution in [0.25, 0.3) is 0 Å². The van der Waals surface area contributed by atoms with E-state index in [0.717, 1.165) is 50.6 Å². The summed E-state index contributed by atoms with van der Waals surface area (Å²) in [7, 11) is 0. The first kappa shape index (κ1) is 17.6. The lowest BCUT2D eigenvalue weighted by molar-refractivity contribution is 0.0388. The molecule has 0 radical (unpaired) electrons. The first-order valence-corrected chi connectivity index (χ1v) is 8.27. The van der Waals surface area contributed by atoms with Gasteiger partial charge in [-0.05, 0) is 31.0 Å². The van der Waals surface area contributed by atoms with Gasteiger partial charge in [0.2, 0.25) is 0 Å². The molecule has 1 aliphatic rings. The molecule has 1 aliphatic heterocycles. The number of hydrogen-bond acceptors (Lipinski definition) is 4. The van der Waals surface area contributed by atoms with Gasteiger partial charge in [-0.15, -0.1) is 0 Å². The van der Waals surface area contributed by atoms with Crippen LogP contribution in [0.3, 0.4) is 0 Å². The number of urea groups is 1. The van der Waals surface area contributed by atoms with Crippen LogP contribution in [0.2, 0.25) is 0 Å². The van der Waals surface area contributed by atoms with Crippen molar-refractivity contribution in [2.45, 2.75) is 20.3 Å². The summed E-state index contributed by atoms with van der Waals surface area (Å²) in [6, 6.07) is 5.58. The molecule has 23 heavy (non-hydrogen) atoms. The maximum atomic E-state index is 12.0. The molecule has 0 unspecified atom stereocenters.